The minimum absolute atomic E-state index is 0.0857. The molecule has 2 heterocycles. The Balaban J connectivity index is 1.53. The lowest BCUT2D eigenvalue weighted by molar-refractivity contribution is -0.132. The maximum atomic E-state index is 13.8. The van der Waals surface area contributed by atoms with Crippen LogP contribution in [0.1, 0.15) is 69.2 Å². The van der Waals surface area contributed by atoms with Crippen LogP contribution in [0.2, 0.25) is 0 Å². The van der Waals surface area contributed by atoms with E-state index in [0.717, 1.165) is 42.6 Å². The molecule has 5 rings (SSSR count). The molecule has 1 fully saturated rings. The third kappa shape index (κ3) is 8.16. The maximum absolute atomic E-state index is 13.8. The van der Waals surface area contributed by atoms with Gasteiger partial charge in [0.25, 0.3) is 5.78 Å². The molecule has 0 saturated carbocycles. The third-order valence-corrected chi connectivity index (χ3v) is 9.68. The van der Waals surface area contributed by atoms with E-state index in [-0.39, 0.29) is 22.3 Å². The second-order valence-corrected chi connectivity index (χ2v) is 13.2. The molecule has 252 valence electrons. The van der Waals surface area contributed by atoms with Crippen molar-refractivity contribution in [1.82, 2.24) is 10.2 Å². The molecule has 12 heteroatoms. The molecule has 48 heavy (non-hydrogen) atoms. The van der Waals surface area contributed by atoms with Crippen LogP contribution in [-0.2, 0) is 15.3 Å². The van der Waals surface area contributed by atoms with Crippen molar-refractivity contribution >= 4 is 45.7 Å². The van der Waals surface area contributed by atoms with Gasteiger partial charge in [-0.3, -0.25) is 14.5 Å². The van der Waals surface area contributed by atoms with Gasteiger partial charge in [-0.2, -0.15) is 0 Å². The van der Waals surface area contributed by atoms with Gasteiger partial charge in [0.2, 0.25) is 5.13 Å². The first kappa shape index (κ1) is 34.9. The van der Waals surface area contributed by atoms with Crippen molar-refractivity contribution in [2.45, 2.75) is 62.6 Å². The van der Waals surface area contributed by atoms with Gasteiger partial charge in [-0.15, -0.1) is 10.2 Å². The smallest absolute Gasteiger partial charge is 0.301 e. The standard InChI is InChI=1S/C36H38FN3O6S2/c1-4-7-19-45-27-16-11-24(12-17-27)32(41)30-31(25-13-18-28(46-20-8-5-2)29(21-25)44-6-3)40(34(43)33(30)42)35-38-39-36(48-35)47-22-23-9-14-26(37)15-10-23/h9-18,21,31,41H,4-8,19-20,22H2,1-3H3/b32-30-. The number of unbranched alkanes of at least 4 members (excludes halogenated alkanes) is 2. The van der Waals surface area contributed by atoms with Crippen molar-refractivity contribution in [2.24, 2.45) is 0 Å². The number of hydrogen-bond acceptors (Lipinski definition) is 10. The number of benzene rings is 3. The van der Waals surface area contributed by atoms with Crippen LogP contribution in [0.4, 0.5) is 9.52 Å². The van der Waals surface area contributed by atoms with Crippen LogP contribution in [-0.4, -0.2) is 46.8 Å². The summed E-state index contributed by atoms with van der Waals surface area (Å²) in [5.41, 5.74) is 1.69. The molecule has 1 aromatic heterocycles. The fourth-order valence-corrected chi connectivity index (χ4v) is 6.86. The van der Waals surface area contributed by atoms with E-state index in [4.69, 9.17) is 14.2 Å². The van der Waals surface area contributed by atoms with Crippen LogP contribution in [0, 0.1) is 5.82 Å². The van der Waals surface area contributed by atoms with Crippen molar-refractivity contribution in [2.75, 3.05) is 24.7 Å². The number of aliphatic hydroxyl groups excluding tert-OH is 1. The number of Topliss-reactive ketones (excluding diaryl/α,β-unsaturated/α-hetero) is 1. The summed E-state index contributed by atoms with van der Waals surface area (Å²) in [5.74, 6) is -0.188. The minimum Gasteiger partial charge on any atom is -0.507 e. The van der Waals surface area contributed by atoms with Crippen molar-refractivity contribution in [3.63, 3.8) is 0 Å². The number of ketones is 1. The molecule has 1 unspecified atom stereocenters. The summed E-state index contributed by atoms with van der Waals surface area (Å²) < 4.78 is 31.6. The zero-order valence-electron chi connectivity index (χ0n) is 27.1. The highest BCUT2D eigenvalue weighted by Gasteiger charge is 2.48. The van der Waals surface area contributed by atoms with Gasteiger partial charge in [-0.25, -0.2) is 4.39 Å². The van der Waals surface area contributed by atoms with Crippen molar-refractivity contribution in [3.05, 3.63) is 94.8 Å². The second-order valence-electron chi connectivity index (χ2n) is 11.0. The Hall–Kier alpha value is -4.42. The van der Waals surface area contributed by atoms with Crippen LogP contribution in [0.5, 0.6) is 17.2 Å². The summed E-state index contributed by atoms with van der Waals surface area (Å²) in [6.45, 7) is 7.46. The average Bonchev–Trinajstić information content (AvgIpc) is 3.67. The molecule has 0 aliphatic carbocycles. The zero-order chi connectivity index (χ0) is 34.0. The number of nitrogens with zero attached hydrogens (tertiary/aromatic N) is 3. The molecule has 1 amide bonds. The summed E-state index contributed by atoms with van der Waals surface area (Å²) in [6, 6.07) is 17.2. The van der Waals surface area contributed by atoms with Gasteiger partial charge in [0.15, 0.2) is 15.8 Å². The topological polar surface area (TPSA) is 111 Å². The van der Waals surface area contributed by atoms with Gasteiger partial charge >= 0.3 is 5.91 Å². The van der Waals surface area contributed by atoms with Crippen molar-refractivity contribution in [1.29, 1.82) is 0 Å². The molecule has 0 radical (unpaired) electrons. The average molecular weight is 692 g/mol. The molecule has 1 saturated heterocycles. The highest BCUT2D eigenvalue weighted by molar-refractivity contribution is 8.00. The largest absolute Gasteiger partial charge is 0.507 e. The molecule has 4 aromatic rings. The molecular formula is C36H38FN3O6S2. The summed E-state index contributed by atoms with van der Waals surface area (Å²) in [6.07, 6.45) is 3.75. The van der Waals surface area contributed by atoms with E-state index in [1.807, 2.05) is 6.92 Å². The molecule has 0 spiro atoms. The van der Waals surface area contributed by atoms with E-state index in [1.54, 1.807) is 54.6 Å². The maximum Gasteiger partial charge on any atom is 0.301 e. The first-order valence-electron chi connectivity index (χ1n) is 16.0. The molecule has 1 atom stereocenters. The van der Waals surface area contributed by atoms with Crippen molar-refractivity contribution < 1.29 is 33.3 Å². The Bertz CT molecular complexity index is 1740. The van der Waals surface area contributed by atoms with E-state index in [1.165, 1.54) is 28.8 Å². The van der Waals surface area contributed by atoms with Gasteiger partial charge in [-0.05, 0) is 79.4 Å². The van der Waals surface area contributed by atoms with Gasteiger partial charge in [0, 0.05) is 11.3 Å². The number of amides is 1. The van der Waals surface area contributed by atoms with E-state index >= 15 is 0 Å². The quantitative estimate of drug-likeness (QED) is 0.0310. The van der Waals surface area contributed by atoms with Gasteiger partial charge in [0.05, 0.1) is 31.4 Å². The van der Waals surface area contributed by atoms with E-state index in [0.29, 0.717) is 58.3 Å². The summed E-state index contributed by atoms with van der Waals surface area (Å²) in [5, 5.41) is 20.4. The summed E-state index contributed by atoms with van der Waals surface area (Å²) >= 11 is 2.53. The number of ether oxygens (including phenoxy) is 3. The molecular weight excluding hydrogens is 654 g/mol. The Kier molecular flexibility index (Phi) is 12.1. The number of hydrogen-bond donors (Lipinski definition) is 1. The van der Waals surface area contributed by atoms with E-state index in [2.05, 4.69) is 24.0 Å². The van der Waals surface area contributed by atoms with E-state index in [9.17, 15) is 19.1 Å². The van der Waals surface area contributed by atoms with Crippen LogP contribution >= 0.6 is 23.1 Å². The second kappa shape index (κ2) is 16.6. The molecule has 3 aromatic carbocycles. The number of halogens is 1. The molecule has 9 nitrogen and oxygen atoms in total. The zero-order valence-corrected chi connectivity index (χ0v) is 28.7. The van der Waals surface area contributed by atoms with Gasteiger partial charge in [-0.1, -0.05) is 68.0 Å². The fraction of sp³-hybridized carbons (Fsp3) is 0.333. The number of thioether (sulfide) groups is 1. The normalized spacial score (nSPS) is 15.6. The Morgan fingerprint density at radius 1 is 0.896 bits per heavy atom. The first-order chi connectivity index (χ1) is 23.3. The number of aliphatic hydroxyl groups is 1. The summed E-state index contributed by atoms with van der Waals surface area (Å²) in [7, 11) is 0. The predicted molar refractivity (Wildman–Crippen MR) is 186 cm³/mol. The predicted octanol–water partition coefficient (Wildman–Crippen LogP) is 8.35. The van der Waals surface area contributed by atoms with Gasteiger partial charge in [0.1, 0.15) is 17.3 Å². The number of carbonyl (C=O) groups is 2. The fourth-order valence-electron chi connectivity index (χ4n) is 5.04. The lowest BCUT2D eigenvalue weighted by Gasteiger charge is -2.23. The number of anilines is 1. The molecule has 1 aliphatic rings. The van der Waals surface area contributed by atoms with Crippen LogP contribution in [0.3, 0.4) is 0 Å². The number of rotatable bonds is 16. The highest BCUT2D eigenvalue weighted by Crippen LogP contribution is 2.46. The SMILES string of the molecule is CCCCOc1ccc(/C(O)=C2/C(=O)C(=O)N(c3nnc(SCc4ccc(F)cc4)s3)C2c2ccc(OCCCC)c(OCC)c2)cc1. The monoisotopic (exact) mass is 691 g/mol. The summed E-state index contributed by atoms with van der Waals surface area (Å²) in [4.78, 5) is 28.8. The van der Waals surface area contributed by atoms with Crippen molar-refractivity contribution in [3.8, 4) is 17.2 Å². The molecule has 1 aliphatic heterocycles. The number of aromatic nitrogens is 2. The minimum atomic E-state index is -1.03. The Morgan fingerprint density at radius 3 is 2.29 bits per heavy atom. The first-order valence-corrected chi connectivity index (χ1v) is 17.8. The Morgan fingerprint density at radius 2 is 1.60 bits per heavy atom. The number of carbonyl (C=O) groups excluding carboxylic acids is 2. The lowest BCUT2D eigenvalue weighted by atomic mass is 9.95. The third-order valence-electron chi connectivity index (χ3n) is 7.56. The van der Waals surface area contributed by atoms with Crippen LogP contribution in [0.25, 0.3) is 5.76 Å². The van der Waals surface area contributed by atoms with Crippen LogP contribution in [0.15, 0.2) is 76.6 Å². The molecule has 0 bridgehead atoms. The van der Waals surface area contributed by atoms with Gasteiger partial charge < -0.3 is 19.3 Å². The Labute approximate surface area is 287 Å². The van der Waals surface area contributed by atoms with Crippen LogP contribution < -0.4 is 19.1 Å². The highest BCUT2D eigenvalue weighted by atomic mass is 32.2. The van der Waals surface area contributed by atoms with E-state index < -0.39 is 17.7 Å². The lowest BCUT2D eigenvalue weighted by Crippen LogP contribution is -2.29. The molecule has 1 N–H and O–H groups in total.